The van der Waals surface area contributed by atoms with Gasteiger partial charge in [-0.15, -0.1) is 0 Å². The Morgan fingerprint density at radius 3 is 3.06 bits per heavy atom. The lowest BCUT2D eigenvalue weighted by molar-refractivity contribution is 0.287. The van der Waals surface area contributed by atoms with Crippen molar-refractivity contribution in [2.45, 2.75) is 13.0 Å². The Labute approximate surface area is 99.6 Å². The van der Waals surface area contributed by atoms with Gasteiger partial charge in [0.2, 0.25) is 0 Å². The molecule has 2 aromatic rings. The average Bonchev–Trinajstić information content (AvgIpc) is 3.00. The van der Waals surface area contributed by atoms with E-state index in [1.807, 2.05) is 12.1 Å². The summed E-state index contributed by atoms with van der Waals surface area (Å²) >= 11 is 0. The van der Waals surface area contributed by atoms with Crippen molar-refractivity contribution in [2.24, 2.45) is 0 Å². The van der Waals surface area contributed by atoms with E-state index in [4.69, 9.17) is 8.83 Å². The Hall–Kier alpha value is -1.81. The van der Waals surface area contributed by atoms with E-state index in [2.05, 4.69) is 22.0 Å². The molecule has 0 unspecified atom stereocenters. The molecule has 0 aromatic carbocycles. The van der Waals surface area contributed by atoms with Gasteiger partial charge in [0.25, 0.3) is 5.89 Å². The third kappa shape index (κ3) is 2.31. The van der Waals surface area contributed by atoms with Crippen LogP contribution in [0.1, 0.15) is 12.1 Å². The standard InChI is InChI=1S/C13H14N2O2/c1-2-6-15(7-3-1)9-11-10-17-13(14-11)12-5-4-8-16-12/h1-2,4-5,8,10H,3,6-7,9H2. The van der Waals surface area contributed by atoms with E-state index in [-0.39, 0.29) is 0 Å². The number of hydrogen-bond donors (Lipinski definition) is 0. The van der Waals surface area contributed by atoms with Gasteiger partial charge in [-0.05, 0) is 18.6 Å². The van der Waals surface area contributed by atoms with Gasteiger partial charge in [-0.3, -0.25) is 4.90 Å². The summed E-state index contributed by atoms with van der Waals surface area (Å²) < 4.78 is 10.6. The van der Waals surface area contributed by atoms with Crippen LogP contribution in [0.4, 0.5) is 0 Å². The van der Waals surface area contributed by atoms with E-state index < -0.39 is 0 Å². The first-order valence-corrected chi connectivity index (χ1v) is 5.77. The van der Waals surface area contributed by atoms with Gasteiger partial charge >= 0.3 is 0 Å². The maximum Gasteiger partial charge on any atom is 0.263 e. The van der Waals surface area contributed by atoms with Crippen molar-refractivity contribution in [1.82, 2.24) is 9.88 Å². The Balaban J connectivity index is 1.70. The lowest BCUT2D eigenvalue weighted by atomic mass is 10.2. The third-order valence-electron chi connectivity index (χ3n) is 2.81. The minimum atomic E-state index is 0.553. The molecule has 1 aliphatic heterocycles. The summed E-state index contributed by atoms with van der Waals surface area (Å²) in [4.78, 5) is 6.76. The Kier molecular flexibility index (Phi) is 2.80. The molecule has 0 bridgehead atoms. The van der Waals surface area contributed by atoms with Crippen LogP contribution in [-0.4, -0.2) is 23.0 Å². The highest BCUT2D eigenvalue weighted by Crippen LogP contribution is 2.19. The molecule has 17 heavy (non-hydrogen) atoms. The first kappa shape index (κ1) is 10.4. The number of furan rings is 1. The summed E-state index contributed by atoms with van der Waals surface area (Å²) in [6.45, 7) is 2.90. The summed E-state index contributed by atoms with van der Waals surface area (Å²) in [7, 11) is 0. The van der Waals surface area contributed by atoms with Crippen LogP contribution in [-0.2, 0) is 6.54 Å². The minimum Gasteiger partial charge on any atom is -0.459 e. The molecule has 2 aromatic heterocycles. The van der Waals surface area contributed by atoms with E-state index in [9.17, 15) is 0 Å². The quantitative estimate of drug-likeness (QED) is 0.760. The molecule has 0 N–H and O–H groups in total. The van der Waals surface area contributed by atoms with Gasteiger partial charge in [0.05, 0.1) is 12.0 Å². The molecule has 0 saturated carbocycles. The average molecular weight is 230 g/mol. The number of rotatable bonds is 3. The van der Waals surface area contributed by atoms with Crippen LogP contribution in [0, 0.1) is 0 Å². The number of oxazole rings is 1. The van der Waals surface area contributed by atoms with Crippen molar-refractivity contribution in [3.8, 4) is 11.7 Å². The molecular formula is C13H14N2O2. The normalized spacial score (nSPS) is 16.5. The molecule has 0 radical (unpaired) electrons. The van der Waals surface area contributed by atoms with Crippen LogP contribution in [0.15, 0.2) is 45.6 Å². The molecule has 88 valence electrons. The molecule has 0 fully saturated rings. The van der Waals surface area contributed by atoms with Crippen molar-refractivity contribution >= 4 is 0 Å². The second-order valence-corrected chi connectivity index (χ2v) is 4.12. The second kappa shape index (κ2) is 4.59. The smallest absolute Gasteiger partial charge is 0.263 e. The molecule has 0 amide bonds. The molecule has 4 heteroatoms. The van der Waals surface area contributed by atoms with Gasteiger partial charge in [0.15, 0.2) is 5.76 Å². The maximum atomic E-state index is 5.40. The zero-order valence-electron chi connectivity index (χ0n) is 9.50. The third-order valence-corrected chi connectivity index (χ3v) is 2.81. The van der Waals surface area contributed by atoms with Crippen LogP contribution in [0.25, 0.3) is 11.7 Å². The van der Waals surface area contributed by atoms with E-state index in [1.54, 1.807) is 12.5 Å². The van der Waals surface area contributed by atoms with E-state index in [0.717, 1.165) is 31.7 Å². The SMILES string of the molecule is C1=CCN(Cc2coc(-c3ccco3)n2)CC1. The van der Waals surface area contributed by atoms with Crippen LogP contribution in [0.2, 0.25) is 0 Å². The van der Waals surface area contributed by atoms with Crippen LogP contribution in [0.3, 0.4) is 0 Å². The first-order valence-electron chi connectivity index (χ1n) is 5.77. The van der Waals surface area contributed by atoms with Gasteiger partial charge in [-0.1, -0.05) is 12.2 Å². The largest absolute Gasteiger partial charge is 0.459 e. The highest BCUT2D eigenvalue weighted by Gasteiger charge is 2.12. The monoisotopic (exact) mass is 230 g/mol. The fourth-order valence-electron chi connectivity index (χ4n) is 1.96. The molecule has 0 saturated heterocycles. The molecule has 3 rings (SSSR count). The van der Waals surface area contributed by atoms with Crippen molar-refractivity contribution in [2.75, 3.05) is 13.1 Å². The Bertz CT molecular complexity index is 499. The molecule has 1 aliphatic rings. The lowest BCUT2D eigenvalue weighted by Gasteiger charge is -2.21. The van der Waals surface area contributed by atoms with Crippen LogP contribution < -0.4 is 0 Å². The zero-order chi connectivity index (χ0) is 11.5. The van der Waals surface area contributed by atoms with Crippen molar-refractivity contribution in [3.05, 3.63) is 42.5 Å². The summed E-state index contributed by atoms with van der Waals surface area (Å²) in [6.07, 6.45) is 8.85. The first-order chi connectivity index (χ1) is 8.42. The van der Waals surface area contributed by atoms with Gasteiger partial charge in [-0.25, -0.2) is 4.98 Å². The van der Waals surface area contributed by atoms with Gasteiger partial charge in [0, 0.05) is 19.6 Å². The number of hydrogen-bond acceptors (Lipinski definition) is 4. The predicted molar refractivity (Wildman–Crippen MR) is 63.2 cm³/mol. The minimum absolute atomic E-state index is 0.553. The van der Waals surface area contributed by atoms with Gasteiger partial charge < -0.3 is 8.83 Å². The van der Waals surface area contributed by atoms with Crippen molar-refractivity contribution < 1.29 is 8.83 Å². The van der Waals surface area contributed by atoms with Crippen molar-refractivity contribution in [1.29, 1.82) is 0 Å². The van der Waals surface area contributed by atoms with Gasteiger partial charge in [-0.2, -0.15) is 0 Å². The highest BCUT2D eigenvalue weighted by molar-refractivity contribution is 5.43. The summed E-state index contributed by atoms with van der Waals surface area (Å²) in [5, 5.41) is 0. The van der Waals surface area contributed by atoms with E-state index in [1.165, 1.54) is 0 Å². The predicted octanol–water partition coefficient (Wildman–Crippen LogP) is 2.70. The fraction of sp³-hybridized carbons (Fsp3) is 0.308. The number of nitrogens with zero attached hydrogens (tertiary/aromatic N) is 2. The van der Waals surface area contributed by atoms with Crippen molar-refractivity contribution in [3.63, 3.8) is 0 Å². The zero-order valence-corrected chi connectivity index (χ0v) is 9.50. The summed E-state index contributed by atoms with van der Waals surface area (Å²) in [5.41, 5.74) is 0.951. The van der Waals surface area contributed by atoms with E-state index in [0.29, 0.717) is 11.7 Å². The number of aromatic nitrogens is 1. The Morgan fingerprint density at radius 2 is 2.29 bits per heavy atom. The summed E-state index contributed by atoms with van der Waals surface area (Å²) in [5.74, 6) is 1.23. The second-order valence-electron chi connectivity index (χ2n) is 4.12. The Morgan fingerprint density at radius 1 is 1.29 bits per heavy atom. The molecule has 0 atom stereocenters. The fourth-order valence-corrected chi connectivity index (χ4v) is 1.96. The topological polar surface area (TPSA) is 42.4 Å². The van der Waals surface area contributed by atoms with Gasteiger partial charge in [0.1, 0.15) is 6.26 Å². The molecular weight excluding hydrogens is 216 g/mol. The maximum absolute atomic E-state index is 5.40. The molecule has 0 spiro atoms. The summed E-state index contributed by atoms with van der Waals surface area (Å²) in [6, 6.07) is 3.67. The molecule has 3 heterocycles. The van der Waals surface area contributed by atoms with E-state index >= 15 is 0 Å². The molecule has 4 nitrogen and oxygen atoms in total. The molecule has 0 aliphatic carbocycles. The van der Waals surface area contributed by atoms with Crippen LogP contribution >= 0.6 is 0 Å². The lowest BCUT2D eigenvalue weighted by Crippen LogP contribution is -2.26. The van der Waals surface area contributed by atoms with Crippen LogP contribution in [0.5, 0.6) is 0 Å². The highest BCUT2D eigenvalue weighted by atomic mass is 16.4.